The highest BCUT2D eigenvalue weighted by Gasteiger charge is 2.60. The molecular formula is C27H44O2. The second kappa shape index (κ2) is 8.13. The van der Waals surface area contributed by atoms with Gasteiger partial charge in [-0.3, -0.25) is 0 Å². The molecule has 4 rings (SSSR count). The van der Waals surface area contributed by atoms with E-state index in [-0.39, 0.29) is 11.5 Å². The Morgan fingerprint density at radius 1 is 1.10 bits per heavy atom. The molecule has 0 aromatic heterocycles. The maximum absolute atomic E-state index is 12.5. The highest BCUT2D eigenvalue weighted by Crippen LogP contribution is 2.67. The fourth-order valence-corrected chi connectivity index (χ4v) is 8.59. The van der Waals surface area contributed by atoms with Crippen LogP contribution in [0.5, 0.6) is 0 Å². The first kappa shape index (κ1) is 21.6. The Morgan fingerprint density at radius 2 is 1.90 bits per heavy atom. The van der Waals surface area contributed by atoms with Crippen molar-refractivity contribution in [1.82, 2.24) is 0 Å². The van der Waals surface area contributed by atoms with Gasteiger partial charge in [-0.25, -0.2) is 0 Å². The quantitative estimate of drug-likeness (QED) is 0.404. The molecule has 2 nitrogen and oxygen atoms in total. The van der Waals surface area contributed by atoms with Crippen LogP contribution in [0.4, 0.5) is 0 Å². The van der Waals surface area contributed by atoms with E-state index in [2.05, 4.69) is 33.8 Å². The van der Waals surface area contributed by atoms with E-state index < -0.39 is 0 Å². The molecule has 0 aromatic carbocycles. The molecule has 1 N–H and O–H groups in total. The SMILES string of the molecule is CC(C)CCCC(C)C1CCC2C3CC=C4CC(O)CCC4(C=O)C3CCC12C. The van der Waals surface area contributed by atoms with Gasteiger partial charge in [0.25, 0.3) is 0 Å². The van der Waals surface area contributed by atoms with Crippen molar-refractivity contribution in [2.75, 3.05) is 0 Å². The van der Waals surface area contributed by atoms with Gasteiger partial charge in [0, 0.05) is 0 Å². The summed E-state index contributed by atoms with van der Waals surface area (Å²) in [5, 5.41) is 10.2. The Balaban J connectivity index is 1.52. The lowest BCUT2D eigenvalue weighted by Gasteiger charge is -2.57. The third-order valence-electron chi connectivity index (χ3n) is 10.1. The van der Waals surface area contributed by atoms with E-state index in [4.69, 9.17) is 0 Å². The van der Waals surface area contributed by atoms with Gasteiger partial charge in [-0.05, 0) is 92.3 Å². The van der Waals surface area contributed by atoms with Crippen molar-refractivity contribution < 1.29 is 9.90 Å². The summed E-state index contributed by atoms with van der Waals surface area (Å²) in [6.45, 7) is 9.83. The first-order chi connectivity index (χ1) is 13.8. The van der Waals surface area contributed by atoms with Crippen LogP contribution in [0, 0.1) is 46.3 Å². The Bertz CT molecular complexity index is 636. The minimum absolute atomic E-state index is 0.234. The van der Waals surface area contributed by atoms with Crippen LogP contribution < -0.4 is 0 Å². The lowest BCUT2D eigenvalue weighted by Crippen LogP contribution is -2.52. The van der Waals surface area contributed by atoms with E-state index in [9.17, 15) is 9.90 Å². The van der Waals surface area contributed by atoms with E-state index in [1.807, 2.05) is 0 Å². The zero-order valence-electron chi connectivity index (χ0n) is 19.3. The number of aldehydes is 1. The number of allylic oxidation sites excluding steroid dienone is 1. The number of carbonyl (C=O) groups is 1. The summed E-state index contributed by atoms with van der Waals surface area (Å²) in [4.78, 5) is 12.5. The number of hydrogen-bond donors (Lipinski definition) is 1. The Hall–Kier alpha value is -0.630. The minimum Gasteiger partial charge on any atom is -0.393 e. The molecule has 164 valence electrons. The molecule has 0 radical (unpaired) electrons. The molecule has 29 heavy (non-hydrogen) atoms. The Kier molecular flexibility index (Phi) is 6.06. The molecule has 8 unspecified atom stereocenters. The van der Waals surface area contributed by atoms with Crippen molar-refractivity contribution in [3.8, 4) is 0 Å². The number of rotatable bonds is 6. The van der Waals surface area contributed by atoms with Crippen LogP contribution >= 0.6 is 0 Å². The van der Waals surface area contributed by atoms with E-state index in [0.717, 1.165) is 49.4 Å². The number of carbonyl (C=O) groups excluding carboxylic acids is 1. The third-order valence-corrected chi connectivity index (χ3v) is 10.1. The van der Waals surface area contributed by atoms with Gasteiger partial charge in [-0.15, -0.1) is 0 Å². The maximum atomic E-state index is 12.5. The molecule has 0 spiro atoms. The molecule has 0 amide bonds. The molecular weight excluding hydrogens is 356 g/mol. The Morgan fingerprint density at radius 3 is 2.62 bits per heavy atom. The summed E-state index contributed by atoms with van der Waals surface area (Å²) in [7, 11) is 0. The van der Waals surface area contributed by atoms with Crippen LogP contribution in [-0.2, 0) is 4.79 Å². The number of fused-ring (bicyclic) bond motifs is 5. The molecule has 0 bridgehead atoms. The van der Waals surface area contributed by atoms with Crippen molar-refractivity contribution in [3.05, 3.63) is 11.6 Å². The third kappa shape index (κ3) is 3.56. The molecule has 0 aromatic rings. The van der Waals surface area contributed by atoms with Gasteiger partial charge in [0.05, 0.1) is 11.5 Å². The summed E-state index contributed by atoms with van der Waals surface area (Å²) in [5.41, 5.74) is 1.51. The molecule has 3 saturated carbocycles. The van der Waals surface area contributed by atoms with Gasteiger partial charge in [0.1, 0.15) is 6.29 Å². The number of hydrogen-bond acceptors (Lipinski definition) is 2. The van der Waals surface area contributed by atoms with Crippen LogP contribution in [0.1, 0.15) is 98.3 Å². The molecule has 0 saturated heterocycles. The van der Waals surface area contributed by atoms with E-state index in [1.165, 1.54) is 56.8 Å². The van der Waals surface area contributed by atoms with Gasteiger partial charge in [-0.1, -0.05) is 58.6 Å². The van der Waals surface area contributed by atoms with Crippen molar-refractivity contribution in [2.45, 2.75) is 104 Å². The molecule has 4 aliphatic rings. The molecule has 2 heteroatoms. The van der Waals surface area contributed by atoms with Crippen LogP contribution in [0.15, 0.2) is 11.6 Å². The smallest absolute Gasteiger partial charge is 0.130 e. The average Bonchev–Trinajstić information content (AvgIpc) is 3.04. The summed E-state index contributed by atoms with van der Waals surface area (Å²) >= 11 is 0. The van der Waals surface area contributed by atoms with Crippen LogP contribution in [0.25, 0.3) is 0 Å². The minimum atomic E-state index is -0.246. The summed E-state index contributed by atoms with van der Waals surface area (Å²) in [6, 6.07) is 0. The monoisotopic (exact) mass is 400 g/mol. The van der Waals surface area contributed by atoms with E-state index >= 15 is 0 Å². The summed E-state index contributed by atoms with van der Waals surface area (Å²) in [6.07, 6.45) is 16.5. The lowest BCUT2D eigenvalue weighted by atomic mass is 9.46. The number of aliphatic hydroxyl groups excluding tert-OH is 1. The van der Waals surface area contributed by atoms with Crippen LogP contribution in [0.3, 0.4) is 0 Å². The predicted octanol–water partition coefficient (Wildman–Crippen LogP) is 6.57. The largest absolute Gasteiger partial charge is 0.393 e. The first-order valence-electron chi connectivity index (χ1n) is 12.7. The molecule has 8 atom stereocenters. The van der Waals surface area contributed by atoms with Gasteiger partial charge < -0.3 is 9.90 Å². The maximum Gasteiger partial charge on any atom is 0.130 e. The molecule has 4 aliphatic carbocycles. The zero-order chi connectivity index (χ0) is 20.8. The van der Waals surface area contributed by atoms with Crippen LogP contribution in [0.2, 0.25) is 0 Å². The molecule has 3 fully saturated rings. The summed E-state index contributed by atoms with van der Waals surface area (Å²) < 4.78 is 0. The van der Waals surface area contributed by atoms with Crippen molar-refractivity contribution in [2.24, 2.45) is 46.3 Å². The fourth-order valence-electron chi connectivity index (χ4n) is 8.59. The van der Waals surface area contributed by atoms with Crippen molar-refractivity contribution in [1.29, 1.82) is 0 Å². The van der Waals surface area contributed by atoms with E-state index in [0.29, 0.717) is 17.3 Å². The second-order valence-electron chi connectivity index (χ2n) is 11.9. The zero-order valence-corrected chi connectivity index (χ0v) is 19.3. The number of aliphatic hydroxyl groups is 1. The van der Waals surface area contributed by atoms with Gasteiger partial charge >= 0.3 is 0 Å². The fraction of sp³-hybridized carbons (Fsp3) is 0.889. The lowest BCUT2D eigenvalue weighted by molar-refractivity contribution is -0.127. The summed E-state index contributed by atoms with van der Waals surface area (Å²) in [5.74, 6) is 4.53. The van der Waals surface area contributed by atoms with E-state index in [1.54, 1.807) is 0 Å². The van der Waals surface area contributed by atoms with Gasteiger partial charge in [-0.2, -0.15) is 0 Å². The Labute approximate surface area is 178 Å². The first-order valence-corrected chi connectivity index (χ1v) is 12.7. The predicted molar refractivity (Wildman–Crippen MR) is 119 cm³/mol. The highest BCUT2D eigenvalue weighted by molar-refractivity contribution is 5.67. The van der Waals surface area contributed by atoms with Gasteiger partial charge in [0.2, 0.25) is 0 Å². The van der Waals surface area contributed by atoms with Gasteiger partial charge in [0.15, 0.2) is 0 Å². The standard InChI is InChI=1S/C27H44O2/c1-18(2)6-5-7-19(3)23-10-11-24-22-9-8-20-16-21(29)12-15-27(20,17-28)25(22)13-14-26(23,24)4/h8,17-19,21-25,29H,5-7,9-16H2,1-4H3. The van der Waals surface area contributed by atoms with Crippen LogP contribution in [-0.4, -0.2) is 17.5 Å². The normalized spacial score (nSPS) is 45.2. The van der Waals surface area contributed by atoms with Crippen molar-refractivity contribution >= 4 is 6.29 Å². The second-order valence-corrected chi connectivity index (χ2v) is 11.9. The average molecular weight is 401 g/mol. The van der Waals surface area contributed by atoms with Crippen molar-refractivity contribution in [3.63, 3.8) is 0 Å². The molecule has 0 heterocycles. The highest BCUT2D eigenvalue weighted by atomic mass is 16.3. The topological polar surface area (TPSA) is 37.3 Å². The molecule has 0 aliphatic heterocycles.